The number of rotatable bonds is 1. The van der Waals surface area contributed by atoms with Crippen LogP contribution < -0.4 is 5.49 Å². The molecule has 0 amide bonds. The van der Waals surface area contributed by atoms with Crippen molar-refractivity contribution in [2.75, 3.05) is 0 Å². The predicted molar refractivity (Wildman–Crippen MR) is 53.4 cm³/mol. The molecule has 0 bridgehead atoms. The first-order chi connectivity index (χ1) is 6.59. The van der Waals surface area contributed by atoms with Crippen LogP contribution in [0.5, 0.6) is 0 Å². The Kier molecular flexibility index (Phi) is 2.19. The lowest BCUT2D eigenvalue weighted by molar-refractivity contribution is 0.194. The summed E-state index contributed by atoms with van der Waals surface area (Å²) in [5.41, 5.74) is 0.970. The summed E-state index contributed by atoms with van der Waals surface area (Å²) in [6, 6.07) is 1.83. The van der Waals surface area contributed by atoms with Crippen LogP contribution in [0.1, 0.15) is 24.3 Å². The van der Waals surface area contributed by atoms with E-state index in [2.05, 4.69) is 15.9 Å². The zero-order valence-electron chi connectivity index (χ0n) is 7.33. The van der Waals surface area contributed by atoms with Gasteiger partial charge in [-0.25, -0.2) is 9.36 Å². The van der Waals surface area contributed by atoms with Crippen LogP contribution in [0.25, 0.3) is 0 Å². The number of hydrogen-bond donors (Lipinski definition) is 2. The Labute approximate surface area is 88.8 Å². The maximum Gasteiger partial charge on any atom is 0.417 e. The van der Waals surface area contributed by atoms with Gasteiger partial charge in [-0.1, -0.05) is 0 Å². The van der Waals surface area contributed by atoms with Crippen molar-refractivity contribution in [3.05, 3.63) is 27.8 Å². The van der Waals surface area contributed by atoms with E-state index in [-0.39, 0.29) is 5.49 Å². The van der Waals surface area contributed by atoms with Crippen molar-refractivity contribution in [1.29, 1.82) is 5.41 Å². The summed E-state index contributed by atoms with van der Waals surface area (Å²) in [5, 5.41) is 16.4. The van der Waals surface area contributed by atoms with E-state index in [9.17, 15) is 4.79 Å². The molecule has 0 atom stereocenters. The van der Waals surface area contributed by atoms with Crippen LogP contribution >= 0.6 is 15.9 Å². The molecular formula is C9H9BrN2O2. The zero-order valence-corrected chi connectivity index (χ0v) is 8.91. The van der Waals surface area contributed by atoms with Crippen molar-refractivity contribution in [3.8, 4) is 0 Å². The molecule has 4 nitrogen and oxygen atoms in total. The van der Waals surface area contributed by atoms with Crippen LogP contribution in [0.4, 0.5) is 4.79 Å². The summed E-state index contributed by atoms with van der Waals surface area (Å²) >= 11 is 3.19. The Morgan fingerprint density at radius 1 is 1.64 bits per heavy atom. The third-order valence-corrected chi connectivity index (χ3v) is 2.90. The fraction of sp³-hybridized carbons (Fsp3) is 0.333. The molecule has 1 fully saturated rings. The first-order valence-electron chi connectivity index (χ1n) is 4.29. The highest BCUT2D eigenvalue weighted by molar-refractivity contribution is 9.10. The van der Waals surface area contributed by atoms with Crippen LogP contribution in [-0.2, 0) is 0 Å². The van der Waals surface area contributed by atoms with Gasteiger partial charge in [0.25, 0.3) is 0 Å². The molecule has 1 aliphatic rings. The van der Waals surface area contributed by atoms with Crippen molar-refractivity contribution in [1.82, 2.24) is 4.57 Å². The number of pyridine rings is 1. The lowest BCUT2D eigenvalue weighted by Gasteiger charge is -2.05. The van der Waals surface area contributed by atoms with E-state index in [0.29, 0.717) is 10.4 Å². The van der Waals surface area contributed by atoms with Gasteiger partial charge >= 0.3 is 6.09 Å². The van der Waals surface area contributed by atoms with Crippen molar-refractivity contribution < 1.29 is 9.90 Å². The summed E-state index contributed by atoms with van der Waals surface area (Å²) in [5.74, 6) is 0.484. The molecule has 0 aliphatic heterocycles. The van der Waals surface area contributed by atoms with Gasteiger partial charge in [0.05, 0.1) is 4.47 Å². The molecule has 0 unspecified atom stereocenters. The van der Waals surface area contributed by atoms with Gasteiger partial charge in [0, 0.05) is 6.20 Å². The molecular weight excluding hydrogens is 248 g/mol. The second-order valence-electron chi connectivity index (χ2n) is 3.40. The fourth-order valence-electron chi connectivity index (χ4n) is 1.37. The van der Waals surface area contributed by atoms with E-state index >= 15 is 0 Å². The van der Waals surface area contributed by atoms with Crippen LogP contribution in [0.3, 0.4) is 0 Å². The minimum atomic E-state index is -1.11. The number of nitrogens with zero attached hydrogens (tertiary/aromatic N) is 1. The first-order valence-corrected chi connectivity index (χ1v) is 5.09. The highest BCUT2D eigenvalue weighted by atomic mass is 79.9. The van der Waals surface area contributed by atoms with Crippen molar-refractivity contribution in [2.24, 2.45) is 0 Å². The van der Waals surface area contributed by atoms with E-state index in [4.69, 9.17) is 10.5 Å². The number of hydrogen-bond acceptors (Lipinski definition) is 2. The fourth-order valence-corrected chi connectivity index (χ4v) is 1.83. The molecule has 2 rings (SSSR count). The molecule has 1 aliphatic carbocycles. The van der Waals surface area contributed by atoms with Crippen LogP contribution in [-0.4, -0.2) is 15.8 Å². The number of halogens is 1. The average molecular weight is 257 g/mol. The molecule has 74 valence electrons. The lowest BCUT2D eigenvalue weighted by atomic mass is 10.2. The maximum absolute atomic E-state index is 10.8. The molecule has 1 saturated carbocycles. The summed E-state index contributed by atoms with van der Waals surface area (Å²) in [6.07, 6.45) is 2.65. The van der Waals surface area contributed by atoms with Gasteiger partial charge in [0.1, 0.15) is 5.49 Å². The number of nitrogens with one attached hydrogen (secondary N) is 1. The summed E-state index contributed by atoms with van der Waals surface area (Å²) in [7, 11) is 0. The van der Waals surface area contributed by atoms with Gasteiger partial charge in [-0.2, -0.15) is 0 Å². The van der Waals surface area contributed by atoms with Gasteiger partial charge < -0.3 is 5.11 Å². The number of carboxylic acid groups (broad SMARTS) is 1. The Morgan fingerprint density at radius 3 is 2.79 bits per heavy atom. The molecule has 5 heteroatoms. The first kappa shape index (κ1) is 9.45. The normalized spacial score (nSPS) is 15.5. The highest BCUT2D eigenvalue weighted by Gasteiger charge is 2.25. The summed E-state index contributed by atoms with van der Waals surface area (Å²) < 4.78 is 1.47. The Morgan fingerprint density at radius 2 is 2.29 bits per heavy atom. The summed E-state index contributed by atoms with van der Waals surface area (Å²) in [4.78, 5) is 10.8. The topological polar surface area (TPSA) is 66.1 Å². The van der Waals surface area contributed by atoms with Gasteiger partial charge in [0.15, 0.2) is 0 Å². The Balaban J connectivity index is 2.57. The van der Waals surface area contributed by atoms with Crippen LogP contribution in [0.15, 0.2) is 16.7 Å². The Bertz CT molecular complexity index is 449. The van der Waals surface area contributed by atoms with Crippen LogP contribution in [0, 0.1) is 5.41 Å². The lowest BCUT2D eigenvalue weighted by Crippen LogP contribution is -2.26. The van der Waals surface area contributed by atoms with Crippen molar-refractivity contribution >= 4 is 22.0 Å². The van der Waals surface area contributed by atoms with Crippen molar-refractivity contribution in [3.63, 3.8) is 0 Å². The quantitative estimate of drug-likeness (QED) is 0.809. The predicted octanol–water partition coefficient (Wildman–Crippen LogP) is 2.13. The second kappa shape index (κ2) is 3.24. The monoisotopic (exact) mass is 256 g/mol. The molecule has 0 radical (unpaired) electrons. The molecule has 14 heavy (non-hydrogen) atoms. The Hall–Kier alpha value is -1.10. The molecule has 0 spiro atoms. The zero-order chi connectivity index (χ0) is 10.3. The largest absolute Gasteiger partial charge is 0.464 e. The standard InChI is InChI=1S/C9H9BrN2O2/c10-7-3-6(5-1-2-5)4-12(8(7)11)9(13)14/h3-5,11H,1-2H2,(H,13,14). The van der Waals surface area contributed by atoms with Gasteiger partial charge in [-0.05, 0) is 46.3 Å². The molecule has 1 aromatic heterocycles. The summed E-state index contributed by atoms with van der Waals surface area (Å²) in [6.45, 7) is 0. The van der Waals surface area contributed by atoms with E-state index in [1.807, 2.05) is 6.07 Å². The smallest absolute Gasteiger partial charge is 0.417 e. The third-order valence-electron chi connectivity index (χ3n) is 2.29. The molecule has 1 aromatic rings. The number of aromatic nitrogens is 1. The molecule has 1 heterocycles. The van der Waals surface area contributed by atoms with E-state index in [1.165, 1.54) is 6.20 Å². The molecule has 0 saturated heterocycles. The highest BCUT2D eigenvalue weighted by Crippen LogP contribution is 2.40. The average Bonchev–Trinajstić information content (AvgIpc) is 2.91. The number of carbonyl (C=O) groups is 1. The van der Waals surface area contributed by atoms with E-state index < -0.39 is 6.09 Å². The maximum atomic E-state index is 10.8. The third kappa shape index (κ3) is 1.59. The van der Waals surface area contributed by atoms with E-state index in [0.717, 1.165) is 23.0 Å². The molecule has 2 N–H and O–H groups in total. The van der Waals surface area contributed by atoms with Gasteiger partial charge in [0.2, 0.25) is 0 Å². The molecule has 0 aromatic carbocycles. The van der Waals surface area contributed by atoms with E-state index in [1.54, 1.807) is 0 Å². The van der Waals surface area contributed by atoms with Crippen molar-refractivity contribution in [2.45, 2.75) is 18.8 Å². The minimum absolute atomic E-state index is 0.0260. The van der Waals surface area contributed by atoms with Crippen LogP contribution in [0.2, 0.25) is 0 Å². The SMILES string of the molecule is N=c1c(Br)cc(C2CC2)cn1C(=O)O. The minimum Gasteiger partial charge on any atom is -0.464 e. The second-order valence-corrected chi connectivity index (χ2v) is 4.25. The van der Waals surface area contributed by atoms with Gasteiger partial charge in [-0.3, -0.25) is 5.41 Å². The van der Waals surface area contributed by atoms with Gasteiger partial charge in [-0.15, -0.1) is 0 Å².